The van der Waals surface area contributed by atoms with Crippen molar-refractivity contribution in [2.45, 2.75) is 27.2 Å². The Bertz CT molecular complexity index is 888. The number of hydrogen-bond donors (Lipinski definition) is 1. The predicted octanol–water partition coefficient (Wildman–Crippen LogP) is 5.99. The van der Waals surface area contributed by atoms with Crippen molar-refractivity contribution in [3.8, 4) is 17.0 Å². The highest BCUT2D eigenvalue weighted by atomic mass is 32.1. The van der Waals surface area contributed by atoms with Gasteiger partial charge in [0.1, 0.15) is 5.75 Å². The van der Waals surface area contributed by atoms with Crippen molar-refractivity contribution >= 4 is 22.7 Å². The molecule has 1 aromatic heterocycles. The molecule has 1 heterocycles. The Hall–Kier alpha value is -2.66. The van der Waals surface area contributed by atoms with Crippen molar-refractivity contribution in [3.05, 3.63) is 65.0 Å². The Labute approximate surface area is 164 Å². The maximum Gasteiger partial charge on any atom is 0.203 e. The predicted molar refractivity (Wildman–Crippen MR) is 115 cm³/mol. The molecule has 0 spiro atoms. The van der Waals surface area contributed by atoms with Gasteiger partial charge in [-0.15, -0.1) is 11.3 Å². The quantitative estimate of drug-likeness (QED) is 0.386. The number of rotatable bonds is 8. The van der Waals surface area contributed by atoms with Crippen LogP contribution in [-0.2, 0) is 0 Å². The van der Waals surface area contributed by atoms with Gasteiger partial charge in [0, 0.05) is 16.5 Å². The molecule has 0 unspecified atom stereocenters. The minimum Gasteiger partial charge on any atom is -0.493 e. The Morgan fingerprint density at radius 3 is 2.78 bits per heavy atom. The molecule has 0 bridgehead atoms. The van der Waals surface area contributed by atoms with Crippen molar-refractivity contribution in [1.82, 2.24) is 4.98 Å². The molecule has 2 aromatic carbocycles. The summed E-state index contributed by atoms with van der Waals surface area (Å²) in [5, 5.41) is 7.15. The minimum atomic E-state index is 0.623. The molecule has 3 rings (SSSR count). The molecule has 4 nitrogen and oxygen atoms in total. The molecule has 0 aliphatic rings. The Morgan fingerprint density at radius 2 is 2.00 bits per heavy atom. The van der Waals surface area contributed by atoms with Gasteiger partial charge in [0.25, 0.3) is 0 Å². The zero-order valence-corrected chi connectivity index (χ0v) is 16.8. The van der Waals surface area contributed by atoms with Crippen molar-refractivity contribution in [2.24, 2.45) is 11.0 Å². The molecule has 0 fully saturated rings. The highest BCUT2D eigenvalue weighted by molar-refractivity contribution is 7.14. The van der Waals surface area contributed by atoms with E-state index in [9.17, 15) is 0 Å². The van der Waals surface area contributed by atoms with E-state index in [0.717, 1.165) is 34.1 Å². The fraction of sp³-hybridized carbons (Fsp3) is 0.273. The van der Waals surface area contributed by atoms with E-state index in [0.29, 0.717) is 12.5 Å². The fourth-order valence-electron chi connectivity index (χ4n) is 2.53. The number of anilines is 1. The Balaban J connectivity index is 1.66. The first-order valence-electron chi connectivity index (χ1n) is 9.15. The van der Waals surface area contributed by atoms with E-state index in [4.69, 9.17) is 4.74 Å². The van der Waals surface area contributed by atoms with Crippen LogP contribution in [0.25, 0.3) is 11.3 Å². The lowest BCUT2D eigenvalue weighted by Gasteiger charge is -2.11. The highest BCUT2D eigenvalue weighted by Gasteiger charge is 2.05. The van der Waals surface area contributed by atoms with Gasteiger partial charge in [-0.25, -0.2) is 4.98 Å². The number of hydrazone groups is 1. The summed E-state index contributed by atoms with van der Waals surface area (Å²) < 4.78 is 5.94. The van der Waals surface area contributed by atoms with E-state index >= 15 is 0 Å². The van der Waals surface area contributed by atoms with Crippen LogP contribution in [0, 0.1) is 12.8 Å². The van der Waals surface area contributed by atoms with Crippen LogP contribution in [0.2, 0.25) is 0 Å². The first-order chi connectivity index (χ1) is 13.1. The summed E-state index contributed by atoms with van der Waals surface area (Å²) >= 11 is 1.54. The van der Waals surface area contributed by atoms with Gasteiger partial charge in [0.2, 0.25) is 5.13 Å². The monoisotopic (exact) mass is 379 g/mol. The summed E-state index contributed by atoms with van der Waals surface area (Å²) in [6.07, 6.45) is 2.82. The summed E-state index contributed by atoms with van der Waals surface area (Å²) in [6, 6.07) is 16.3. The van der Waals surface area contributed by atoms with Crippen molar-refractivity contribution in [2.75, 3.05) is 12.0 Å². The third-order valence-corrected chi connectivity index (χ3v) is 4.80. The largest absolute Gasteiger partial charge is 0.493 e. The van der Waals surface area contributed by atoms with Crippen LogP contribution in [0.5, 0.6) is 5.75 Å². The number of hydrogen-bond acceptors (Lipinski definition) is 5. The van der Waals surface area contributed by atoms with Crippen LogP contribution in [0.15, 0.2) is 59.0 Å². The second kappa shape index (κ2) is 9.33. The number of thiazole rings is 1. The van der Waals surface area contributed by atoms with Crippen molar-refractivity contribution in [1.29, 1.82) is 0 Å². The zero-order chi connectivity index (χ0) is 19.1. The van der Waals surface area contributed by atoms with Crippen molar-refractivity contribution in [3.63, 3.8) is 0 Å². The summed E-state index contributed by atoms with van der Waals surface area (Å²) in [5.74, 6) is 1.48. The third-order valence-electron chi connectivity index (χ3n) is 4.06. The van der Waals surface area contributed by atoms with E-state index in [-0.39, 0.29) is 0 Å². The fourth-order valence-corrected chi connectivity index (χ4v) is 3.20. The molecule has 0 saturated carbocycles. The molecule has 0 atom stereocenters. The van der Waals surface area contributed by atoms with Gasteiger partial charge in [-0.1, -0.05) is 55.8 Å². The first-order valence-corrected chi connectivity index (χ1v) is 10.0. The van der Waals surface area contributed by atoms with Crippen LogP contribution in [-0.4, -0.2) is 17.8 Å². The molecule has 140 valence electrons. The zero-order valence-electron chi connectivity index (χ0n) is 16.0. The summed E-state index contributed by atoms with van der Waals surface area (Å²) in [6.45, 7) is 7.17. The second-order valence-corrected chi connectivity index (χ2v) is 7.70. The molecule has 0 aliphatic heterocycles. The highest BCUT2D eigenvalue weighted by Crippen LogP contribution is 2.25. The average Bonchev–Trinajstić information content (AvgIpc) is 3.13. The summed E-state index contributed by atoms with van der Waals surface area (Å²) in [4.78, 5) is 4.58. The molecular weight excluding hydrogens is 354 g/mol. The first kappa shape index (κ1) is 19.1. The van der Waals surface area contributed by atoms with Gasteiger partial charge in [-0.05, 0) is 31.4 Å². The lowest BCUT2D eigenvalue weighted by molar-refractivity contribution is 0.289. The number of nitrogens with one attached hydrogen (secondary N) is 1. The number of nitrogens with zero attached hydrogens (tertiary/aromatic N) is 2. The molecule has 5 heteroatoms. The van der Waals surface area contributed by atoms with E-state index in [1.165, 1.54) is 16.9 Å². The molecule has 0 radical (unpaired) electrons. The van der Waals surface area contributed by atoms with Crippen LogP contribution < -0.4 is 10.2 Å². The number of benzene rings is 2. The average molecular weight is 380 g/mol. The number of ether oxygens (including phenoxy) is 1. The molecule has 1 N–H and O–H groups in total. The topological polar surface area (TPSA) is 46.5 Å². The van der Waals surface area contributed by atoms with Gasteiger partial charge in [-0.3, -0.25) is 5.43 Å². The molecule has 27 heavy (non-hydrogen) atoms. The molecular formula is C22H25N3OS. The van der Waals surface area contributed by atoms with Crippen LogP contribution >= 0.6 is 11.3 Å². The lowest BCUT2D eigenvalue weighted by atomic mass is 10.1. The van der Waals surface area contributed by atoms with Crippen molar-refractivity contribution < 1.29 is 4.74 Å². The number of aryl methyl sites for hydroxylation is 1. The maximum atomic E-state index is 5.94. The Kier molecular flexibility index (Phi) is 6.60. The van der Waals surface area contributed by atoms with E-state index in [2.05, 4.69) is 60.5 Å². The van der Waals surface area contributed by atoms with Gasteiger partial charge >= 0.3 is 0 Å². The SMILES string of the molecule is Cc1ccc(OCCC(C)C)c(C=NNc2nc(-c3ccccc3)cs2)c1. The molecule has 0 aliphatic carbocycles. The molecule has 0 saturated heterocycles. The van der Waals surface area contributed by atoms with Gasteiger partial charge in [-0.2, -0.15) is 5.10 Å². The van der Waals surface area contributed by atoms with Crippen LogP contribution in [0.4, 0.5) is 5.13 Å². The second-order valence-electron chi connectivity index (χ2n) is 6.85. The number of aromatic nitrogens is 1. The summed E-state index contributed by atoms with van der Waals surface area (Å²) in [7, 11) is 0. The van der Waals surface area contributed by atoms with E-state index in [1.54, 1.807) is 6.21 Å². The Morgan fingerprint density at radius 1 is 1.19 bits per heavy atom. The standard InChI is InChI=1S/C22H25N3OS/c1-16(2)11-12-26-21-10-9-17(3)13-19(21)14-23-25-22-24-20(15-27-22)18-7-5-4-6-8-18/h4-10,13-16H,11-12H2,1-3H3,(H,24,25). The maximum absolute atomic E-state index is 5.94. The van der Waals surface area contributed by atoms with Gasteiger partial charge < -0.3 is 4.74 Å². The molecule has 0 amide bonds. The summed E-state index contributed by atoms with van der Waals surface area (Å²) in [5.41, 5.74) is 7.22. The third kappa shape index (κ3) is 5.66. The van der Waals surface area contributed by atoms with Gasteiger partial charge in [0.05, 0.1) is 18.5 Å². The normalized spacial score (nSPS) is 11.3. The minimum absolute atomic E-state index is 0.623. The van der Waals surface area contributed by atoms with E-state index in [1.807, 2.05) is 29.6 Å². The van der Waals surface area contributed by atoms with Crippen LogP contribution in [0.1, 0.15) is 31.4 Å². The van der Waals surface area contributed by atoms with Gasteiger partial charge in [0.15, 0.2) is 0 Å². The van der Waals surface area contributed by atoms with Crippen LogP contribution in [0.3, 0.4) is 0 Å². The smallest absolute Gasteiger partial charge is 0.203 e. The lowest BCUT2D eigenvalue weighted by Crippen LogP contribution is -2.03. The molecule has 3 aromatic rings. The van der Waals surface area contributed by atoms with E-state index < -0.39 is 0 Å².